The number of nitrogens with two attached hydrogens (primary N) is 1. The molecule has 0 aromatic heterocycles. The van der Waals surface area contributed by atoms with Crippen molar-refractivity contribution in [3.05, 3.63) is 53.7 Å². The van der Waals surface area contributed by atoms with E-state index in [1.807, 2.05) is 42.5 Å². The van der Waals surface area contributed by atoms with Crippen molar-refractivity contribution in [1.29, 1.82) is 0 Å². The number of benzene rings is 2. The number of hydrogen-bond acceptors (Lipinski definition) is 3. The van der Waals surface area contributed by atoms with E-state index in [1.165, 1.54) is 13.8 Å². The zero-order valence-corrected chi connectivity index (χ0v) is 13.5. The Labute approximate surface area is 139 Å². The van der Waals surface area contributed by atoms with Crippen molar-refractivity contribution in [1.82, 2.24) is 10.6 Å². The molecule has 0 bridgehead atoms. The van der Waals surface area contributed by atoms with E-state index in [0.29, 0.717) is 0 Å². The van der Waals surface area contributed by atoms with Gasteiger partial charge in [0.1, 0.15) is 11.7 Å². The Hall–Kier alpha value is -3.15. The average Bonchev–Trinajstić information content (AvgIpc) is 2.54. The van der Waals surface area contributed by atoms with E-state index >= 15 is 0 Å². The van der Waals surface area contributed by atoms with Crippen molar-refractivity contribution in [2.75, 3.05) is 0 Å². The monoisotopic (exact) mass is 325 g/mol. The zero-order chi connectivity index (χ0) is 17.7. The maximum absolute atomic E-state index is 12.3. The highest BCUT2D eigenvalue weighted by molar-refractivity contribution is 6.04. The van der Waals surface area contributed by atoms with Gasteiger partial charge >= 0.3 is 0 Å². The first-order valence-electron chi connectivity index (χ1n) is 7.45. The molecule has 0 aliphatic carbocycles. The average molecular weight is 325 g/mol. The van der Waals surface area contributed by atoms with E-state index in [-0.39, 0.29) is 11.6 Å². The third kappa shape index (κ3) is 4.19. The van der Waals surface area contributed by atoms with Crippen molar-refractivity contribution < 1.29 is 14.4 Å². The molecule has 0 fully saturated rings. The summed E-state index contributed by atoms with van der Waals surface area (Å²) in [5.41, 5.74) is 5.98. The Morgan fingerprint density at radius 2 is 1.75 bits per heavy atom. The van der Waals surface area contributed by atoms with Gasteiger partial charge in [0.15, 0.2) is 0 Å². The van der Waals surface area contributed by atoms with Crippen LogP contribution in [-0.4, -0.2) is 23.8 Å². The topological polar surface area (TPSA) is 101 Å². The summed E-state index contributed by atoms with van der Waals surface area (Å²) in [5, 5.41) is 6.91. The summed E-state index contributed by atoms with van der Waals surface area (Å²) in [6.07, 6.45) is 1.58. The molecule has 0 unspecified atom stereocenters. The van der Waals surface area contributed by atoms with Crippen LogP contribution in [0.4, 0.5) is 0 Å². The van der Waals surface area contributed by atoms with E-state index in [1.54, 1.807) is 6.08 Å². The van der Waals surface area contributed by atoms with Crippen LogP contribution in [0.5, 0.6) is 0 Å². The number of carbonyl (C=O) groups excluding carboxylic acids is 3. The van der Waals surface area contributed by atoms with Crippen molar-refractivity contribution in [2.45, 2.75) is 19.9 Å². The summed E-state index contributed by atoms with van der Waals surface area (Å²) in [6, 6.07) is 12.5. The summed E-state index contributed by atoms with van der Waals surface area (Å²) >= 11 is 0. The van der Waals surface area contributed by atoms with Gasteiger partial charge in [-0.3, -0.25) is 14.4 Å². The lowest BCUT2D eigenvalue weighted by Gasteiger charge is -2.13. The third-order valence-corrected chi connectivity index (χ3v) is 3.45. The van der Waals surface area contributed by atoms with Gasteiger partial charge in [0.25, 0.3) is 5.91 Å². The minimum absolute atomic E-state index is 0.0481. The predicted molar refractivity (Wildman–Crippen MR) is 92.5 cm³/mol. The molecule has 0 aliphatic rings. The Bertz CT molecular complexity index is 822. The van der Waals surface area contributed by atoms with E-state index in [2.05, 4.69) is 10.6 Å². The molecule has 24 heavy (non-hydrogen) atoms. The van der Waals surface area contributed by atoms with E-state index in [0.717, 1.165) is 16.3 Å². The number of primary amides is 1. The smallest absolute Gasteiger partial charge is 0.268 e. The second-order valence-electron chi connectivity index (χ2n) is 5.41. The summed E-state index contributed by atoms with van der Waals surface area (Å²) in [4.78, 5) is 34.9. The van der Waals surface area contributed by atoms with Gasteiger partial charge in [-0.2, -0.15) is 0 Å². The summed E-state index contributed by atoms with van der Waals surface area (Å²) in [7, 11) is 0. The second kappa shape index (κ2) is 7.41. The van der Waals surface area contributed by atoms with Crippen LogP contribution in [0.15, 0.2) is 48.2 Å². The Kier molecular flexibility index (Phi) is 5.31. The van der Waals surface area contributed by atoms with Gasteiger partial charge in [-0.25, -0.2) is 0 Å². The molecule has 6 nitrogen and oxygen atoms in total. The van der Waals surface area contributed by atoms with Gasteiger partial charge < -0.3 is 16.4 Å². The molecule has 2 aromatic rings. The van der Waals surface area contributed by atoms with Gasteiger partial charge in [-0.05, 0) is 29.3 Å². The fourth-order valence-electron chi connectivity index (χ4n) is 2.23. The molecule has 0 radical (unpaired) electrons. The number of amides is 3. The molecular weight excluding hydrogens is 306 g/mol. The van der Waals surface area contributed by atoms with Crippen LogP contribution >= 0.6 is 0 Å². The van der Waals surface area contributed by atoms with Crippen LogP contribution in [0.3, 0.4) is 0 Å². The summed E-state index contributed by atoms with van der Waals surface area (Å²) in [5.74, 6) is -1.62. The third-order valence-electron chi connectivity index (χ3n) is 3.45. The molecule has 2 rings (SSSR count). The minimum atomic E-state index is -0.845. The Balaban J connectivity index is 2.42. The number of fused-ring (bicyclic) bond motifs is 1. The molecule has 6 heteroatoms. The fourth-order valence-corrected chi connectivity index (χ4v) is 2.23. The second-order valence-corrected chi connectivity index (χ2v) is 5.41. The SMILES string of the molecule is CC(=O)N/C(=C\c1cccc2ccccc12)C(=O)N[C@@H](C)C(N)=O. The molecule has 124 valence electrons. The molecule has 4 N–H and O–H groups in total. The van der Waals surface area contributed by atoms with Gasteiger partial charge in [-0.15, -0.1) is 0 Å². The van der Waals surface area contributed by atoms with Crippen molar-refractivity contribution >= 4 is 34.6 Å². The minimum Gasteiger partial charge on any atom is -0.368 e. The Morgan fingerprint density at radius 1 is 1.08 bits per heavy atom. The number of hydrogen-bond donors (Lipinski definition) is 3. The van der Waals surface area contributed by atoms with Crippen LogP contribution in [0.1, 0.15) is 19.4 Å². The lowest BCUT2D eigenvalue weighted by atomic mass is 10.0. The number of carbonyl (C=O) groups is 3. The highest BCUT2D eigenvalue weighted by Gasteiger charge is 2.17. The lowest BCUT2D eigenvalue weighted by Crippen LogP contribution is -2.45. The van der Waals surface area contributed by atoms with E-state index < -0.39 is 17.9 Å². The maximum Gasteiger partial charge on any atom is 0.268 e. The summed E-state index contributed by atoms with van der Waals surface area (Å²) < 4.78 is 0. The molecule has 0 heterocycles. The lowest BCUT2D eigenvalue weighted by molar-refractivity contribution is -0.126. The summed E-state index contributed by atoms with van der Waals surface area (Å²) in [6.45, 7) is 2.78. The molecule has 0 aliphatic heterocycles. The first kappa shape index (κ1) is 17.2. The van der Waals surface area contributed by atoms with Crippen LogP contribution in [-0.2, 0) is 14.4 Å². The van der Waals surface area contributed by atoms with Gasteiger partial charge in [0.2, 0.25) is 11.8 Å². The van der Waals surface area contributed by atoms with Gasteiger partial charge in [0.05, 0.1) is 0 Å². The predicted octanol–water partition coefficient (Wildman–Crippen LogP) is 1.31. The molecule has 1 atom stereocenters. The quantitative estimate of drug-likeness (QED) is 0.722. The van der Waals surface area contributed by atoms with E-state index in [4.69, 9.17) is 5.73 Å². The van der Waals surface area contributed by atoms with Crippen molar-refractivity contribution in [2.24, 2.45) is 5.73 Å². The molecule has 0 saturated carbocycles. The Morgan fingerprint density at radius 3 is 2.42 bits per heavy atom. The molecular formula is C18H19N3O3. The van der Waals surface area contributed by atoms with Crippen LogP contribution in [0, 0.1) is 0 Å². The highest BCUT2D eigenvalue weighted by Crippen LogP contribution is 2.20. The largest absolute Gasteiger partial charge is 0.368 e. The number of rotatable bonds is 5. The molecule has 0 spiro atoms. The fraction of sp³-hybridized carbons (Fsp3) is 0.167. The first-order valence-corrected chi connectivity index (χ1v) is 7.45. The maximum atomic E-state index is 12.3. The van der Waals surface area contributed by atoms with Gasteiger partial charge in [0, 0.05) is 6.92 Å². The van der Waals surface area contributed by atoms with Crippen molar-refractivity contribution in [3.8, 4) is 0 Å². The van der Waals surface area contributed by atoms with Crippen LogP contribution in [0.2, 0.25) is 0 Å². The van der Waals surface area contributed by atoms with Crippen molar-refractivity contribution in [3.63, 3.8) is 0 Å². The van der Waals surface area contributed by atoms with Gasteiger partial charge in [-0.1, -0.05) is 42.5 Å². The molecule has 3 amide bonds. The van der Waals surface area contributed by atoms with E-state index in [9.17, 15) is 14.4 Å². The molecule has 2 aromatic carbocycles. The normalized spacial score (nSPS) is 12.5. The standard InChI is InChI=1S/C18H19N3O3/c1-11(17(19)23)20-18(24)16(21-12(2)22)10-14-8-5-7-13-6-3-4-9-15(13)14/h3-11H,1-2H3,(H2,19,23)(H,20,24)(H,21,22)/b16-10-/t11-/m0/s1. The highest BCUT2D eigenvalue weighted by atomic mass is 16.2. The van der Waals surface area contributed by atoms with Crippen LogP contribution in [0.25, 0.3) is 16.8 Å². The van der Waals surface area contributed by atoms with Crippen LogP contribution < -0.4 is 16.4 Å². The zero-order valence-electron chi connectivity index (χ0n) is 13.5. The first-order chi connectivity index (χ1) is 11.4. The number of nitrogens with one attached hydrogen (secondary N) is 2. The molecule has 0 saturated heterocycles.